The highest BCUT2D eigenvalue weighted by Gasteiger charge is 2.20. The zero-order chi connectivity index (χ0) is 34.6. The van der Waals surface area contributed by atoms with Gasteiger partial charge in [0.1, 0.15) is 0 Å². The molecule has 0 saturated carbocycles. The molecule has 2 rings (SSSR count). The Labute approximate surface area is 281 Å². The van der Waals surface area contributed by atoms with E-state index in [0.717, 1.165) is 11.1 Å². The van der Waals surface area contributed by atoms with Crippen molar-refractivity contribution in [1.29, 1.82) is 0 Å². The van der Waals surface area contributed by atoms with Gasteiger partial charge in [0.25, 0.3) is 0 Å². The van der Waals surface area contributed by atoms with Gasteiger partial charge < -0.3 is 26.0 Å². The van der Waals surface area contributed by atoms with Crippen molar-refractivity contribution in [1.82, 2.24) is 25.3 Å². The maximum atomic E-state index is 12.6. The maximum Gasteiger partial charge on any atom is 0.317 e. The molecule has 0 saturated heterocycles. The molecule has 17 heteroatoms. The highest BCUT2D eigenvalue weighted by Crippen LogP contribution is 2.13. The van der Waals surface area contributed by atoms with E-state index in [0.29, 0.717) is 11.4 Å². The van der Waals surface area contributed by atoms with E-state index < -0.39 is 49.4 Å². The first-order valence-corrected chi connectivity index (χ1v) is 15.0. The summed E-state index contributed by atoms with van der Waals surface area (Å²) >= 11 is 9.14. The van der Waals surface area contributed by atoms with E-state index >= 15 is 0 Å². The Kier molecular flexibility index (Phi) is 17.3. The van der Waals surface area contributed by atoms with E-state index in [-0.39, 0.29) is 52.4 Å². The van der Waals surface area contributed by atoms with Gasteiger partial charge in [-0.2, -0.15) is 9.98 Å². The van der Waals surface area contributed by atoms with E-state index in [1.54, 1.807) is 48.5 Å². The van der Waals surface area contributed by atoms with Crippen molar-refractivity contribution < 1.29 is 39.3 Å². The van der Waals surface area contributed by atoms with Gasteiger partial charge in [-0.3, -0.25) is 38.7 Å². The summed E-state index contributed by atoms with van der Waals surface area (Å²) < 4.78 is 0. The molecular formula is C30H35N7O8S2. The van der Waals surface area contributed by atoms with Gasteiger partial charge in [0, 0.05) is 39.3 Å². The molecule has 15 nitrogen and oxygen atoms in total. The van der Waals surface area contributed by atoms with Crippen LogP contribution in [0.25, 0.3) is 0 Å². The Balaban J connectivity index is 1.94. The summed E-state index contributed by atoms with van der Waals surface area (Å²) in [6, 6.07) is 13.8. The Bertz CT molecular complexity index is 1370. The van der Waals surface area contributed by atoms with Crippen molar-refractivity contribution in [2.24, 2.45) is 9.98 Å². The Morgan fingerprint density at radius 1 is 0.553 bits per heavy atom. The lowest BCUT2D eigenvalue weighted by molar-refractivity contribution is -0.141. The second-order valence-electron chi connectivity index (χ2n) is 10.2. The topological polar surface area (TPSA) is 205 Å². The van der Waals surface area contributed by atoms with Crippen LogP contribution in [0.3, 0.4) is 0 Å². The molecule has 5 N–H and O–H groups in total. The molecule has 250 valence electrons. The van der Waals surface area contributed by atoms with Crippen LogP contribution in [0.2, 0.25) is 0 Å². The number of aliphatic imine (C=N–C) groups is 2. The molecule has 2 aromatic rings. The summed E-state index contributed by atoms with van der Waals surface area (Å²) in [5.41, 5.74) is 2.79. The van der Waals surface area contributed by atoms with Crippen molar-refractivity contribution in [3.05, 3.63) is 59.7 Å². The number of carboxylic acid groups (broad SMARTS) is 3. The fourth-order valence-electron chi connectivity index (χ4n) is 4.24. The first-order valence-electron chi connectivity index (χ1n) is 14.2. The number of hydrogen-bond acceptors (Lipinski definition) is 12. The summed E-state index contributed by atoms with van der Waals surface area (Å²) in [7, 11) is 0. The highest BCUT2D eigenvalue weighted by molar-refractivity contribution is 7.78. The molecule has 0 aromatic heterocycles. The van der Waals surface area contributed by atoms with Crippen LogP contribution >= 0.6 is 24.4 Å². The molecule has 0 aliphatic carbocycles. The minimum Gasteiger partial charge on any atom is -0.480 e. The van der Waals surface area contributed by atoms with Gasteiger partial charge in [-0.15, -0.1) is 0 Å². The van der Waals surface area contributed by atoms with E-state index in [9.17, 15) is 39.3 Å². The van der Waals surface area contributed by atoms with Gasteiger partial charge in [-0.1, -0.05) is 24.3 Å². The molecular weight excluding hydrogens is 651 g/mol. The summed E-state index contributed by atoms with van der Waals surface area (Å²) in [5, 5.41) is 38.1. The SMILES string of the molecule is O=C(O)CN(CCN(CC(=O)O)CC(=O)NCc1ccc(N=C=S)cc1)CCN(CC(=O)O)CC(=O)NCc1ccc(N=C=S)cc1. The van der Waals surface area contributed by atoms with Crippen LogP contribution in [0.15, 0.2) is 58.5 Å². The van der Waals surface area contributed by atoms with Crippen LogP contribution in [-0.2, 0) is 37.1 Å². The lowest BCUT2D eigenvalue weighted by Gasteiger charge is -2.28. The molecule has 0 bridgehead atoms. The van der Waals surface area contributed by atoms with Gasteiger partial charge in [-0.05, 0) is 59.8 Å². The van der Waals surface area contributed by atoms with E-state index in [1.165, 1.54) is 14.7 Å². The van der Waals surface area contributed by atoms with Crippen molar-refractivity contribution in [3.63, 3.8) is 0 Å². The number of amides is 2. The molecule has 47 heavy (non-hydrogen) atoms. The zero-order valence-corrected chi connectivity index (χ0v) is 27.0. The van der Waals surface area contributed by atoms with Crippen LogP contribution < -0.4 is 10.6 Å². The summed E-state index contributed by atoms with van der Waals surface area (Å²) in [6.45, 7) is -1.30. The maximum absolute atomic E-state index is 12.6. The van der Waals surface area contributed by atoms with Crippen molar-refractivity contribution in [2.75, 3.05) is 58.9 Å². The first kappa shape index (κ1) is 38.5. The highest BCUT2D eigenvalue weighted by atomic mass is 32.1. The molecule has 0 unspecified atom stereocenters. The molecule has 2 amide bonds. The van der Waals surface area contributed by atoms with Gasteiger partial charge in [0.15, 0.2) is 0 Å². The average Bonchev–Trinajstić information content (AvgIpc) is 3.01. The number of nitrogens with one attached hydrogen (secondary N) is 2. The Hall–Kier alpha value is -4.73. The second-order valence-corrected chi connectivity index (χ2v) is 10.5. The van der Waals surface area contributed by atoms with Crippen LogP contribution in [-0.4, -0.2) is 129 Å². The molecule has 2 aromatic carbocycles. The van der Waals surface area contributed by atoms with Crippen molar-refractivity contribution in [2.45, 2.75) is 13.1 Å². The Morgan fingerprint density at radius 2 is 0.872 bits per heavy atom. The number of rotatable bonds is 22. The second kappa shape index (κ2) is 21.1. The van der Waals surface area contributed by atoms with E-state index in [2.05, 4.69) is 55.4 Å². The number of carbonyl (C=O) groups is 5. The van der Waals surface area contributed by atoms with Gasteiger partial charge in [0.2, 0.25) is 11.8 Å². The molecule has 0 radical (unpaired) electrons. The number of benzene rings is 2. The third-order valence-electron chi connectivity index (χ3n) is 6.48. The smallest absolute Gasteiger partial charge is 0.317 e. The molecule has 0 aliphatic heterocycles. The first-order chi connectivity index (χ1) is 22.5. The molecule has 0 aliphatic rings. The van der Waals surface area contributed by atoms with Gasteiger partial charge in [-0.25, -0.2) is 0 Å². The number of carboxylic acids is 3. The van der Waals surface area contributed by atoms with Gasteiger partial charge >= 0.3 is 17.9 Å². The predicted octanol–water partition coefficient (Wildman–Crippen LogP) is 1.25. The molecule has 0 atom stereocenters. The number of thiocarbonyl (C=S) groups is 2. The third-order valence-corrected chi connectivity index (χ3v) is 6.66. The number of carbonyl (C=O) groups excluding carboxylic acids is 2. The van der Waals surface area contributed by atoms with Crippen LogP contribution in [0.4, 0.5) is 11.4 Å². The summed E-state index contributed by atoms with van der Waals surface area (Å²) in [4.78, 5) is 71.6. The summed E-state index contributed by atoms with van der Waals surface area (Å²) in [5.74, 6) is -4.37. The lowest BCUT2D eigenvalue weighted by Crippen LogP contribution is -2.47. The number of isothiocyanates is 2. The fourth-order valence-corrected chi connectivity index (χ4v) is 4.45. The van der Waals surface area contributed by atoms with E-state index in [1.807, 2.05) is 0 Å². The molecule has 0 fully saturated rings. The Morgan fingerprint density at radius 3 is 1.19 bits per heavy atom. The van der Waals surface area contributed by atoms with Crippen LogP contribution in [0.1, 0.15) is 11.1 Å². The molecule has 0 spiro atoms. The normalized spacial score (nSPS) is 10.6. The average molecular weight is 686 g/mol. The van der Waals surface area contributed by atoms with Crippen molar-refractivity contribution >= 4 is 75.9 Å². The van der Waals surface area contributed by atoms with Crippen molar-refractivity contribution in [3.8, 4) is 0 Å². The fraction of sp³-hybridized carbons (Fsp3) is 0.367. The predicted molar refractivity (Wildman–Crippen MR) is 178 cm³/mol. The quantitative estimate of drug-likeness (QED) is 0.0876. The summed E-state index contributed by atoms with van der Waals surface area (Å²) in [6.07, 6.45) is 0. The zero-order valence-electron chi connectivity index (χ0n) is 25.3. The number of hydrogen-bond donors (Lipinski definition) is 5. The minimum atomic E-state index is -1.17. The largest absolute Gasteiger partial charge is 0.480 e. The minimum absolute atomic E-state index is 0.0330. The molecule has 0 heterocycles. The van der Waals surface area contributed by atoms with Gasteiger partial charge in [0.05, 0.1) is 54.4 Å². The number of aliphatic carboxylic acids is 3. The standard InChI is InChI=1S/C30H35N7O8S2/c38-26(31-13-22-1-5-24(6-2-22)33-20-46)15-36(18-29(42)43)11-9-35(17-28(40)41)10-12-37(19-30(44)45)16-27(39)32-14-23-3-7-25(8-4-23)34-21-47/h1-8H,9-19H2,(H,31,38)(H,32,39)(H,40,41)(H,42,43)(H,44,45). The van der Waals surface area contributed by atoms with E-state index in [4.69, 9.17) is 0 Å². The monoisotopic (exact) mass is 685 g/mol. The number of nitrogens with zero attached hydrogens (tertiary/aromatic N) is 5. The van der Waals surface area contributed by atoms with Crippen LogP contribution in [0, 0.1) is 0 Å². The third kappa shape index (κ3) is 17.0. The lowest BCUT2D eigenvalue weighted by atomic mass is 10.2. The van der Waals surface area contributed by atoms with Crippen LogP contribution in [0.5, 0.6) is 0 Å².